The van der Waals surface area contributed by atoms with Crippen LogP contribution in [0, 0.1) is 5.92 Å². The third-order valence-corrected chi connectivity index (χ3v) is 4.48. The largest absolute Gasteiger partial charge is 0.468 e. The van der Waals surface area contributed by atoms with E-state index in [1.165, 1.54) is 7.11 Å². The fourth-order valence-corrected chi connectivity index (χ4v) is 3.84. The zero-order valence-corrected chi connectivity index (χ0v) is 11.1. The minimum absolute atomic E-state index is 0.195. The van der Waals surface area contributed by atoms with E-state index in [1.54, 1.807) is 18.0 Å². The Morgan fingerprint density at radius 3 is 2.82 bits per heavy atom. The summed E-state index contributed by atoms with van der Waals surface area (Å²) in [7, 11) is 1.42. The molecule has 0 N–H and O–H groups in total. The normalized spacial score (nSPS) is 26.0. The lowest BCUT2D eigenvalue weighted by Gasteiger charge is -2.27. The monoisotopic (exact) mass is 255 g/mol. The van der Waals surface area contributed by atoms with Gasteiger partial charge in [0, 0.05) is 18.2 Å². The van der Waals surface area contributed by atoms with Crippen LogP contribution in [0.25, 0.3) is 0 Å². The average molecular weight is 255 g/mol. The zero-order chi connectivity index (χ0) is 12.6. The third kappa shape index (κ3) is 2.40. The Kier molecular flexibility index (Phi) is 3.58. The molecule has 94 valence electrons. The van der Waals surface area contributed by atoms with Gasteiger partial charge >= 0.3 is 5.97 Å². The van der Waals surface area contributed by atoms with Gasteiger partial charge in [0.2, 0.25) is 0 Å². The molecule has 0 bridgehead atoms. The van der Waals surface area contributed by atoms with Crippen LogP contribution < -0.4 is 0 Å². The average Bonchev–Trinajstić information content (AvgIpc) is 2.74. The van der Waals surface area contributed by atoms with Crippen LogP contribution in [0.4, 0.5) is 0 Å². The summed E-state index contributed by atoms with van der Waals surface area (Å²) in [6.07, 6.45) is 2.30. The predicted molar refractivity (Wildman–Crippen MR) is 66.4 cm³/mol. The molecule has 0 spiro atoms. The van der Waals surface area contributed by atoms with E-state index in [0.29, 0.717) is 13.0 Å². The molecule has 0 aromatic heterocycles. The molecule has 0 amide bonds. The van der Waals surface area contributed by atoms with E-state index < -0.39 is 0 Å². The van der Waals surface area contributed by atoms with Gasteiger partial charge < -0.3 is 4.74 Å². The molecule has 1 unspecified atom stereocenters. The fourth-order valence-electron chi connectivity index (χ4n) is 2.31. The molecule has 2 aliphatic rings. The molecule has 4 nitrogen and oxygen atoms in total. The Labute approximate surface area is 106 Å². The molecule has 1 fully saturated rings. The number of rotatable bonds is 3. The van der Waals surface area contributed by atoms with E-state index in [4.69, 9.17) is 4.74 Å². The van der Waals surface area contributed by atoms with Gasteiger partial charge in [-0.05, 0) is 17.6 Å². The summed E-state index contributed by atoms with van der Waals surface area (Å²) in [5, 5.41) is 0.244. The maximum Gasteiger partial charge on any atom is 0.324 e. The van der Waals surface area contributed by atoms with E-state index in [-0.39, 0.29) is 29.0 Å². The number of methoxy groups -OCH3 is 1. The molecule has 2 atom stereocenters. The number of esters is 1. The lowest BCUT2D eigenvalue weighted by atomic mass is 10.0. The van der Waals surface area contributed by atoms with E-state index >= 15 is 0 Å². The van der Waals surface area contributed by atoms with Crippen LogP contribution in [0.3, 0.4) is 0 Å². The maximum absolute atomic E-state index is 11.8. The minimum Gasteiger partial charge on any atom is -0.468 e. The van der Waals surface area contributed by atoms with Crippen LogP contribution >= 0.6 is 11.9 Å². The molecule has 5 heteroatoms. The highest BCUT2D eigenvalue weighted by molar-refractivity contribution is 7.98. The van der Waals surface area contributed by atoms with Gasteiger partial charge in [-0.25, -0.2) is 4.31 Å². The SMILES string of the molecule is COC(=O)[C@H](C(C)C)N1CC2=CC(=O)CC2S1. The number of hydrogen-bond donors (Lipinski definition) is 0. The predicted octanol–water partition coefficient (Wildman–Crippen LogP) is 1.42. The van der Waals surface area contributed by atoms with Crippen LogP contribution in [-0.2, 0) is 14.3 Å². The summed E-state index contributed by atoms with van der Waals surface area (Å²) in [6.45, 7) is 4.71. The lowest BCUT2D eigenvalue weighted by molar-refractivity contribution is -0.146. The number of ether oxygens (including phenoxy) is 1. The summed E-state index contributed by atoms with van der Waals surface area (Å²) in [5.74, 6) is 0.209. The van der Waals surface area contributed by atoms with Crippen molar-refractivity contribution >= 4 is 23.7 Å². The van der Waals surface area contributed by atoms with E-state index in [0.717, 1.165) is 5.57 Å². The van der Waals surface area contributed by atoms with Gasteiger partial charge in [0.25, 0.3) is 0 Å². The van der Waals surface area contributed by atoms with Crippen LogP contribution in [-0.4, -0.2) is 41.0 Å². The molecular weight excluding hydrogens is 238 g/mol. The Bertz CT molecular complexity index is 378. The molecule has 1 aliphatic heterocycles. The standard InChI is InChI=1S/C12H17NO3S/c1-7(2)11(12(15)16-3)13-6-8-4-9(14)5-10(8)17-13/h4,7,10-11H,5-6H2,1-3H3/t10?,11-/m0/s1. The second-order valence-electron chi connectivity index (χ2n) is 4.77. The van der Waals surface area contributed by atoms with E-state index in [2.05, 4.69) is 4.31 Å². The van der Waals surface area contributed by atoms with Gasteiger partial charge in [0.15, 0.2) is 5.78 Å². The van der Waals surface area contributed by atoms with Crippen LogP contribution in [0.15, 0.2) is 11.6 Å². The summed E-state index contributed by atoms with van der Waals surface area (Å²) >= 11 is 1.61. The number of allylic oxidation sites excluding steroid dienone is 1. The first-order chi connectivity index (χ1) is 8.02. The Morgan fingerprint density at radius 2 is 2.29 bits per heavy atom. The summed E-state index contributed by atoms with van der Waals surface area (Å²) in [5.41, 5.74) is 1.15. The van der Waals surface area contributed by atoms with Crippen molar-refractivity contribution in [1.29, 1.82) is 0 Å². The molecule has 1 saturated heterocycles. The van der Waals surface area contributed by atoms with Crippen molar-refractivity contribution in [2.75, 3.05) is 13.7 Å². The van der Waals surface area contributed by atoms with E-state index in [1.807, 2.05) is 13.8 Å². The summed E-state index contributed by atoms with van der Waals surface area (Å²) < 4.78 is 6.90. The van der Waals surface area contributed by atoms with Crippen molar-refractivity contribution in [3.63, 3.8) is 0 Å². The fraction of sp³-hybridized carbons (Fsp3) is 0.667. The quantitative estimate of drug-likeness (QED) is 0.564. The van der Waals surface area contributed by atoms with Crippen molar-refractivity contribution in [2.45, 2.75) is 31.6 Å². The molecule has 0 aromatic carbocycles. The highest BCUT2D eigenvalue weighted by atomic mass is 32.2. The van der Waals surface area contributed by atoms with Crippen LogP contribution in [0.2, 0.25) is 0 Å². The molecule has 0 radical (unpaired) electrons. The smallest absolute Gasteiger partial charge is 0.324 e. The number of carbonyl (C=O) groups excluding carboxylic acids is 2. The molecule has 0 aromatic rings. The third-order valence-electron chi connectivity index (χ3n) is 3.13. The Balaban J connectivity index is 2.11. The van der Waals surface area contributed by atoms with Gasteiger partial charge in [-0.2, -0.15) is 0 Å². The van der Waals surface area contributed by atoms with Gasteiger partial charge in [0.1, 0.15) is 6.04 Å². The second kappa shape index (κ2) is 4.82. The number of carbonyl (C=O) groups is 2. The first kappa shape index (κ1) is 12.6. The van der Waals surface area contributed by atoms with Crippen LogP contribution in [0.1, 0.15) is 20.3 Å². The summed E-state index contributed by atoms with van der Waals surface area (Å²) in [4.78, 5) is 23.0. The van der Waals surface area contributed by atoms with E-state index in [9.17, 15) is 9.59 Å². The minimum atomic E-state index is -0.230. The van der Waals surface area contributed by atoms with Gasteiger partial charge in [0.05, 0.1) is 7.11 Å². The molecule has 0 saturated carbocycles. The Morgan fingerprint density at radius 1 is 1.59 bits per heavy atom. The van der Waals surface area contributed by atoms with Crippen LogP contribution in [0.5, 0.6) is 0 Å². The molecule has 17 heavy (non-hydrogen) atoms. The van der Waals surface area contributed by atoms with Gasteiger partial charge in [-0.3, -0.25) is 9.59 Å². The van der Waals surface area contributed by atoms with Gasteiger partial charge in [-0.15, -0.1) is 0 Å². The molecular formula is C12H17NO3S. The molecule has 2 rings (SSSR count). The number of ketones is 1. The van der Waals surface area contributed by atoms with Crippen molar-refractivity contribution in [2.24, 2.45) is 5.92 Å². The molecule has 1 heterocycles. The second-order valence-corrected chi connectivity index (χ2v) is 6.02. The number of nitrogens with zero attached hydrogens (tertiary/aromatic N) is 1. The highest BCUT2D eigenvalue weighted by Gasteiger charge is 2.41. The van der Waals surface area contributed by atoms with Crippen molar-refractivity contribution in [1.82, 2.24) is 4.31 Å². The maximum atomic E-state index is 11.8. The van der Waals surface area contributed by atoms with Gasteiger partial charge in [-0.1, -0.05) is 25.8 Å². The van der Waals surface area contributed by atoms with Crippen molar-refractivity contribution in [3.8, 4) is 0 Å². The lowest BCUT2D eigenvalue weighted by Crippen LogP contribution is -2.40. The number of hydrogen-bond acceptors (Lipinski definition) is 5. The molecule has 1 aliphatic carbocycles. The zero-order valence-electron chi connectivity index (χ0n) is 10.3. The Hall–Kier alpha value is -0.810. The number of fused-ring (bicyclic) bond motifs is 1. The summed E-state index contributed by atoms with van der Waals surface area (Å²) in [6, 6.07) is -0.230. The van der Waals surface area contributed by atoms with Crippen molar-refractivity contribution in [3.05, 3.63) is 11.6 Å². The van der Waals surface area contributed by atoms with Crippen molar-refractivity contribution < 1.29 is 14.3 Å². The first-order valence-electron chi connectivity index (χ1n) is 5.77. The topological polar surface area (TPSA) is 46.6 Å². The highest BCUT2D eigenvalue weighted by Crippen LogP contribution is 2.41. The first-order valence-corrected chi connectivity index (χ1v) is 6.61.